The van der Waals surface area contributed by atoms with E-state index in [1.807, 2.05) is 32.9 Å². The molecule has 2 rings (SSSR count). The van der Waals surface area contributed by atoms with Crippen molar-refractivity contribution in [2.75, 3.05) is 13.1 Å². The summed E-state index contributed by atoms with van der Waals surface area (Å²) in [5.41, 5.74) is 1.83. The Labute approximate surface area is 132 Å². The van der Waals surface area contributed by atoms with Crippen molar-refractivity contribution in [2.45, 2.75) is 39.7 Å². The van der Waals surface area contributed by atoms with Gasteiger partial charge in [0.2, 0.25) is 0 Å². The molecular formula is C18H25NO3. The summed E-state index contributed by atoms with van der Waals surface area (Å²) in [6, 6.07) is 7.22. The summed E-state index contributed by atoms with van der Waals surface area (Å²) < 4.78 is 5.43. The molecule has 0 spiro atoms. The normalized spacial score (nSPS) is 21.0. The standard InChI is InChI=1S/C18H25NO3/c1-13-12-19(17(21)22-18(2,3)4)9-8-15(13)10-14-6-5-7-16(20)11-14/h5-7,10-11,13,20H,8-9,12H2,1-4H3/b15-10+. The molecule has 1 aliphatic heterocycles. The lowest BCUT2D eigenvalue weighted by Gasteiger charge is -2.34. The molecule has 1 N–H and O–H groups in total. The second kappa shape index (κ2) is 6.42. The number of phenols is 1. The maximum Gasteiger partial charge on any atom is 0.410 e. The van der Waals surface area contributed by atoms with E-state index in [4.69, 9.17) is 4.74 Å². The summed E-state index contributed by atoms with van der Waals surface area (Å²) >= 11 is 0. The molecule has 1 unspecified atom stereocenters. The van der Waals surface area contributed by atoms with Gasteiger partial charge in [0, 0.05) is 13.1 Å². The first-order chi connectivity index (χ1) is 10.2. The van der Waals surface area contributed by atoms with Gasteiger partial charge in [-0.15, -0.1) is 0 Å². The minimum atomic E-state index is -0.460. The van der Waals surface area contributed by atoms with Gasteiger partial charge in [-0.3, -0.25) is 0 Å². The highest BCUT2D eigenvalue weighted by atomic mass is 16.6. The molecular weight excluding hydrogens is 278 g/mol. The van der Waals surface area contributed by atoms with Crippen LogP contribution in [0.3, 0.4) is 0 Å². The van der Waals surface area contributed by atoms with Crippen molar-refractivity contribution < 1.29 is 14.6 Å². The van der Waals surface area contributed by atoms with Crippen molar-refractivity contribution in [3.05, 3.63) is 35.4 Å². The maximum atomic E-state index is 12.1. The summed E-state index contributed by atoms with van der Waals surface area (Å²) in [4.78, 5) is 13.9. The predicted octanol–water partition coefficient (Wildman–Crippen LogP) is 4.05. The van der Waals surface area contributed by atoms with Gasteiger partial charge in [-0.1, -0.05) is 30.7 Å². The van der Waals surface area contributed by atoms with Crippen molar-refractivity contribution in [1.29, 1.82) is 0 Å². The number of carbonyl (C=O) groups is 1. The summed E-state index contributed by atoms with van der Waals surface area (Å²) in [6.45, 7) is 9.09. The highest BCUT2D eigenvalue weighted by Gasteiger charge is 2.27. The van der Waals surface area contributed by atoms with Crippen LogP contribution in [0.15, 0.2) is 29.8 Å². The zero-order valence-electron chi connectivity index (χ0n) is 13.8. The number of rotatable bonds is 1. The molecule has 0 bridgehead atoms. The zero-order chi connectivity index (χ0) is 16.3. The molecule has 1 aromatic rings. The largest absolute Gasteiger partial charge is 0.508 e. The molecule has 1 atom stereocenters. The second-order valence-electron chi connectivity index (χ2n) is 6.89. The smallest absolute Gasteiger partial charge is 0.410 e. The minimum absolute atomic E-state index is 0.240. The molecule has 0 aliphatic carbocycles. The maximum absolute atomic E-state index is 12.1. The summed E-state index contributed by atoms with van der Waals surface area (Å²) in [5.74, 6) is 0.553. The molecule has 1 fully saturated rings. The molecule has 1 amide bonds. The monoisotopic (exact) mass is 303 g/mol. The highest BCUT2D eigenvalue weighted by Crippen LogP contribution is 2.26. The quantitative estimate of drug-likeness (QED) is 0.851. The van der Waals surface area contributed by atoms with Gasteiger partial charge >= 0.3 is 6.09 Å². The van der Waals surface area contributed by atoms with E-state index in [9.17, 15) is 9.90 Å². The number of phenolic OH excluding ortho intramolecular Hbond substituents is 1. The fourth-order valence-electron chi connectivity index (χ4n) is 2.58. The Morgan fingerprint density at radius 2 is 2.14 bits per heavy atom. The van der Waals surface area contributed by atoms with Crippen LogP contribution in [0.1, 0.15) is 39.7 Å². The molecule has 4 heteroatoms. The van der Waals surface area contributed by atoms with Gasteiger partial charge in [0.05, 0.1) is 0 Å². The van der Waals surface area contributed by atoms with Crippen LogP contribution < -0.4 is 0 Å². The average molecular weight is 303 g/mol. The van der Waals surface area contributed by atoms with Gasteiger partial charge in [-0.2, -0.15) is 0 Å². The molecule has 0 saturated carbocycles. The van der Waals surface area contributed by atoms with Crippen molar-refractivity contribution in [2.24, 2.45) is 5.92 Å². The molecule has 1 aromatic carbocycles. The Balaban J connectivity index is 2.02. The second-order valence-corrected chi connectivity index (χ2v) is 6.89. The minimum Gasteiger partial charge on any atom is -0.508 e. The van der Waals surface area contributed by atoms with Crippen LogP contribution in [0, 0.1) is 5.92 Å². The Morgan fingerprint density at radius 1 is 1.41 bits per heavy atom. The lowest BCUT2D eigenvalue weighted by molar-refractivity contribution is 0.0209. The van der Waals surface area contributed by atoms with Crippen LogP contribution in [0.5, 0.6) is 5.75 Å². The number of piperidine rings is 1. The Kier molecular flexibility index (Phi) is 4.79. The third-order valence-electron chi connectivity index (χ3n) is 3.67. The molecule has 0 radical (unpaired) electrons. The van der Waals surface area contributed by atoms with E-state index in [1.54, 1.807) is 17.0 Å². The molecule has 1 heterocycles. The van der Waals surface area contributed by atoms with E-state index in [0.29, 0.717) is 13.1 Å². The van der Waals surface area contributed by atoms with E-state index in [1.165, 1.54) is 5.57 Å². The first-order valence-electron chi connectivity index (χ1n) is 7.72. The summed E-state index contributed by atoms with van der Waals surface area (Å²) in [6.07, 6.45) is 2.70. The lowest BCUT2D eigenvalue weighted by atomic mass is 9.91. The topological polar surface area (TPSA) is 49.8 Å². The van der Waals surface area contributed by atoms with Crippen LogP contribution in [0.4, 0.5) is 4.79 Å². The van der Waals surface area contributed by atoms with Gasteiger partial charge in [-0.25, -0.2) is 4.79 Å². The number of amides is 1. The number of likely N-dealkylation sites (tertiary alicyclic amines) is 1. The van der Waals surface area contributed by atoms with Gasteiger partial charge in [0.1, 0.15) is 11.4 Å². The summed E-state index contributed by atoms with van der Waals surface area (Å²) in [7, 11) is 0. The van der Waals surface area contributed by atoms with E-state index in [2.05, 4.69) is 13.0 Å². The molecule has 120 valence electrons. The number of carbonyl (C=O) groups excluding carboxylic acids is 1. The van der Waals surface area contributed by atoms with Crippen molar-refractivity contribution in [3.8, 4) is 5.75 Å². The number of benzene rings is 1. The third-order valence-corrected chi connectivity index (χ3v) is 3.67. The van der Waals surface area contributed by atoms with E-state index in [-0.39, 0.29) is 17.8 Å². The van der Waals surface area contributed by atoms with E-state index >= 15 is 0 Å². The lowest BCUT2D eigenvalue weighted by Crippen LogP contribution is -2.43. The SMILES string of the molecule is CC1CN(C(=O)OC(C)(C)C)CC/C1=C\c1cccc(O)c1. The molecule has 1 saturated heterocycles. The van der Waals surface area contributed by atoms with Crippen molar-refractivity contribution >= 4 is 12.2 Å². The number of hydrogen-bond donors (Lipinski definition) is 1. The zero-order valence-corrected chi connectivity index (χ0v) is 13.8. The number of ether oxygens (including phenoxy) is 1. The van der Waals surface area contributed by atoms with Gasteiger partial charge in [0.15, 0.2) is 0 Å². The fourth-order valence-corrected chi connectivity index (χ4v) is 2.58. The van der Waals surface area contributed by atoms with Crippen LogP contribution in [-0.4, -0.2) is 34.8 Å². The van der Waals surface area contributed by atoms with Gasteiger partial charge in [-0.05, 0) is 50.8 Å². The van der Waals surface area contributed by atoms with Gasteiger partial charge < -0.3 is 14.7 Å². The fraction of sp³-hybridized carbons (Fsp3) is 0.500. The Morgan fingerprint density at radius 3 is 2.73 bits per heavy atom. The van der Waals surface area contributed by atoms with Crippen molar-refractivity contribution in [3.63, 3.8) is 0 Å². The van der Waals surface area contributed by atoms with E-state index < -0.39 is 5.60 Å². The first kappa shape index (κ1) is 16.4. The molecule has 22 heavy (non-hydrogen) atoms. The number of aromatic hydroxyl groups is 1. The van der Waals surface area contributed by atoms with Crippen molar-refractivity contribution in [1.82, 2.24) is 4.90 Å². The van der Waals surface area contributed by atoms with Crippen LogP contribution in [-0.2, 0) is 4.74 Å². The highest BCUT2D eigenvalue weighted by molar-refractivity contribution is 5.69. The number of nitrogens with zero attached hydrogens (tertiary/aromatic N) is 1. The first-order valence-corrected chi connectivity index (χ1v) is 7.72. The van der Waals surface area contributed by atoms with E-state index in [0.717, 1.165) is 12.0 Å². The van der Waals surface area contributed by atoms with Crippen LogP contribution in [0.25, 0.3) is 6.08 Å². The Hall–Kier alpha value is -1.97. The third kappa shape index (κ3) is 4.52. The Bertz CT molecular complexity index is 572. The summed E-state index contributed by atoms with van der Waals surface area (Å²) in [5, 5.41) is 9.53. The van der Waals surface area contributed by atoms with Gasteiger partial charge in [0.25, 0.3) is 0 Å². The predicted molar refractivity (Wildman–Crippen MR) is 87.7 cm³/mol. The number of hydrogen-bond acceptors (Lipinski definition) is 3. The average Bonchev–Trinajstić information content (AvgIpc) is 2.39. The van der Waals surface area contributed by atoms with Crippen LogP contribution >= 0.6 is 0 Å². The molecule has 1 aliphatic rings. The molecule has 4 nitrogen and oxygen atoms in total. The van der Waals surface area contributed by atoms with Crippen LogP contribution in [0.2, 0.25) is 0 Å². The molecule has 0 aromatic heterocycles.